The highest BCUT2D eigenvalue weighted by molar-refractivity contribution is 5.43. The Hall–Kier alpha value is -1.22. The van der Waals surface area contributed by atoms with E-state index in [2.05, 4.69) is 26.8 Å². The van der Waals surface area contributed by atoms with Crippen molar-refractivity contribution in [2.24, 2.45) is 5.73 Å². The van der Waals surface area contributed by atoms with Gasteiger partial charge in [0.1, 0.15) is 0 Å². The van der Waals surface area contributed by atoms with Crippen LogP contribution in [0.2, 0.25) is 0 Å². The van der Waals surface area contributed by atoms with Crippen molar-refractivity contribution < 1.29 is 9.47 Å². The van der Waals surface area contributed by atoms with Crippen molar-refractivity contribution >= 4 is 0 Å². The van der Waals surface area contributed by atoms with Crippen molar-refractivity contribution in [2.75, 3.05) is 7.11 Å². The fraction of sp³-hybridized carbons (Fsp3) is 0.625. The largest absolute Gasteiger partial charge is 0.493 e. The monoisotopic (exact) mass is 265 g/mol. The van der Waals surface area contributed by atoms with Gasteiger partial charge in [0.25, 0.3) is 0 Å². The summed E-state index contributed by atoms with van der Waals surface area (Å²) in [6.07, 6.45) is 4.11. The summed E-state index contributed by atoms with van der Waals surface area (Å²) in [6, 6.07) is 6.31. The maximum absolute atomic E-state index is 5.99. The molecule has 19 heavy (non-hydrogen) atoms. The first-order chi connectivity index (χ1) is 9.14. The molecule has 0 heterocycles. The van der Waals surface area contributed by atoms with E-state index in [1.165, 1.54) is 5.56 Å². The maximum Gasteiger partial charge on any atom is 0.161 e. The van der Waals surface area contributed by atoms with Gasteiger partial charge in [0.2, 0.25) is 0 Å². The van der Waals surface area contributed by atoms with Crippen LogP contribution in [0.3, 0.4) is 0 Å². The number of benzene rings is 1. The van der Waals surface area contributed by atoms with Crippen LogP contribution < -0.4 is 15.2 Å². The molecule has 3 nitrogen and oxygen atoms in total. The van der Waals surface area contributed by atoms with Crippen molar-refractivity contribution in [1.29, 1.82) is 0 Å². The molecule has 1 aromatic carbocycles. The average molecular weight is 265 g/mol. The van der Waals surface area contributed by atoms with Crippen LogP contribution in [0, 0.1) is 0 Å². The second-order valence-electron chi connectivity index (χ2n) is 4.91. The molecule has 108 valence electrons. The summed E-state index contributed by atoms with van der Waals surface area (Å²) in [4.78, 5) is 0. The molecule has 1 atom stereocenters. The minimum atomic E-state index is 0.204. The third-order valence-electron chi connectivity index (χ3n) is 3.45. The predicted molar refractivity (Wildman–Crippen MR) is 80.0 cm³/mol. The molecule has 0 aliphatic rings. The Morgan fingerprint density at radius 1 is 1.05 bits per heavy atom. The van der Waals surface area contributed by atoms with E-state index >= 15 is 0 Å². The lowest BCUT2D eigenvalue weighted by molar-refractivity contribution is 0.185. The van der Waals surface area contributed by atoms with Gasteiger partial charge in [-0.15, -0.1) is 0 Å². The Labute approximate surface area is 117 Å². The van der Waals surface area contributed by atoms with Gasteiger partial charge in [-0.25, -0.2) is 0 Å². The molecular formula is C16H27NO2. The Kier molecular flexibility index (Phi) is 6.71. The van der Waals surface area contributed by atoms with Crippen LogP contribution in [-0.4, -0.2) is 19.3 Å². The Bertz CT molecular complexity index is 375. The third kappa shape index (κ3) is 4.75. The number of methoxy groups -OCH3 is 1. The van der Waals surface area contributed by atoms with Crippen molar-refractivity contribution in [3.63, 3.8) is 0 Å². The molecule has 0 aromatic heterocycles. The smallest absolute Gasteiger partial charge is 0.161 e. The normalized spacial score (nSPS) is 12.5. The van der Waals surface area contributed by atoms with Gasteiger partial charge in [0, 0.05) is 6.04 Å². The quantitative estimate of drug-likeness (QED) is 0.782. The molecule has 0 aliphatic heterocycles. The molecule has 0 bridgehead atoms. The molecule has 0 spiro atoms. The number of hydrogen-bond donors (Lipinski definition) is 1. The van der Waals surface area contributed by atoms with Gasteiger partial charge in [-0.05, 0) is 43.4 Å². The molecule has 2 N–H and O–H groups in total. The number of hydrogen-bond acceptors (Lipinski definition) is 3. The van der Waals surface area contributed by atoms with Gasteiger partial charge in [-0.3, -0.25) is 0 Å². The summed E-state index contributed by atoms with van der Waals surface area (Å²) in [7, 11) is 1.68. The van der Waals surface area contributed by atoms with Crippen molar-refractivity contribution in [2.45, 2.75) is 58.6 Å². The molecule has 1 unspecified atom stereocenters. The number of nitrogens with two attached hydrogens (primary N) is 1. The predicted octanol–water partition coefficient (Wildman–Crippen LogP) is 3.54. The Morgan fingerprint density at radius 2 is 1.74 bits per heavy atom. The van der Waals surface area contributed by atoms with Gasteiger partial charge in [-0.1, -0.05) is 26.8 Å². The molecule has 0 fully saturated rings. The zero-order chi connectivity index (χ0) is 14.3. The number of rotatable bonds is 8. The topological polar surface area (TPSA) is 44.5 Å². The molecule has 0 saturated heterocycles. The summed E-state index contributed by atoms with van der Waals surface area (Å²) in [6.45, 7) is 6.37. The molecule has 1 rings (SSSR count). The molecule has 0 saturated carbocycles. The van der Waals surface area contributed by atoms with Gasteiger partial charge >= 0.3 is 0 Å². The molecule has 1 aromatic rings. The summed E-state index contributed by atoms with van der Waals surface area (Å²) >= 11 is 0. The van der Waals surface area contributed by atoms with Gasteiger partial charge in [0.15, 0.2) is 11.5 Å². The first-order valence-electron chi connectivity index (χ1n) is 7.23. The van der Waals surface area contributed by atoms with E-state index < -0.39 is 0 Å². The van der Waals surface area contributed by atoms with Crippen molar-refractivity contribution in [3.8, 4) is 11.5 Å². The van der Waals surface area contributed by atoms with E-state index in [1.807, 2.05) is 12.1 Å². The summed E-state index contributed by atoms with van der Waals surface area (Å²) in [5.74, 6) is 1.62. The highest BCUT2D eigenvalue weighted by Crippen LogP contribution is 2.30. The minimum Gasteiger partial charge on any atom is -0.493 e. The van der Waals surface area contributed by atoms with E-state index in [4.69, 9.17) is 15.2 Å². The summed E-state index contributed by atoms with van der Waals surface area (Å²) in [5.41, 5.74) is 7.18. The minimum absolute atomic E-state index is 0.204. The fourth-order valence-corrected chi connectivity index (χ4v) is 2.02. The zero-order valence-corrected chi connectivity index (χ0v) is 12.6. The SMILES string of the molecule is CCC(N)Cc1ccc(OC(CC)CC)c(OC)c1. The first-order valence-corrected chi connectivity index (χ1v) is 7.23. The van der Waals surface area contributed by atoms with E-state index in [9.17, 15) is 0 Å². The van der Waals surface area contributed by atoms with Crippen LogP contribution in [0.4, 0.5) is 0 Å². The third-order valence-corrected chi connectivity index (χ3v) is 3.45. The van der Waals surface area contributed by atoms with Gasteiger partial charge < -0.3 is 15.2 Å². The highest BCUT2D eigenvalue weighted by Gasteiger charge is 2.11. The van der Waals surface area contributed by atoms with Crippen LogP contribution in [0.25, 0.3) is 0 Å². The van der Waals surface area contributed by atoms with E-state index in [1.54, 1.807) is 7.11 Å². The van der Waals surface area contributed by atoms with E-state index in [0.29, 0.717) is 0 Å². The lowest BCUT2D eigenvalue weighted by Gasteiger charge is -2.19. The second-order valence-corrected chi connectivity index (χ2v) is 4.91. The molecular weight excluding hydrogens is 238 g/mol. The maximum atomic E-state index is 5.99. The first kappa shape index (κ1) is 15.8. The van der Waals surface area contributed by atoms with Crippen LogP contribution >= 0.6 is 0 Å². The van der Waals surface area contributed by atoms with E-state index in [0.717, 1.165) is 37.2 Å². The molecule has 3 heteroatoms. The Balaban J connectivity index is 2.83. The highest BCUT2D eigenvalue weighted by atomic mass is 16.5. The van der Waals surface area contributed by atoms with Crippen LogP contribution in [0.1, 0.15) is 45.6 Å². The lowest BCUT2D eigenvalue weighted by Crippen LogP contribution is -2.21. The van der Waals surface area contributed by atoms with Gasteiger partial charge in [0.05, 0.1) is 13.2 Å². The fourth-order valence-electron chi connectivity index (χ4n) is 2.02. The second kappa shape index (κ2) is 8.05. The lowest BCUT2D eigenvalue weighted by atomic mass is 10.0. The van der Waals surface area contributed by atoms with Crippen LogP contribution in [0.15, 0.2) is 18.2 Å². The van der Waals surface area contributed by atoms with Crippen molar-refractivity contribution in [3.05, 3.63) is 23.8 Å². The van der Waals surface area contributed by atoms with Crippen LogP contribution in [0.5, 0.6) is 11.5 Å². The molecule has 0 radical (unpaired) electrons. The summed E-state index contributed by atoms with van der Waals surface area (Å²) in [5, 5.41) is 0. The zero-order valence-electron chi connectivity index (χ0n) is 12.6. The van der Waals surface area contributed by atoms with Crippen LogP contribution in [-0.2, 0) is 6.42 Å². The average Bonchev–Trinajstić information content (AvgIpc) is 2.45. The molecule has 0 aliphatic carbocycles. The van der Waals surface area contributed by atoms with Gasteiger partial charge in [-0.2, -0.15) is 0 Å². The number of ether oxygens (including phenoxy) is 2. The van der Waals surface area contributed by atoms with Crippen molar-refractivity contribution in [1.82, 2.24) is 0 Å². The van der Waals surface area contributed by atoms with E-state index in [-0.39, 0.29) is 12.1 Å². The standard InChI is InChI=1S/C16H27NO2/c1-5-13(17)10-12-8-9-15(16(11-12)18-4)19-14(6-2)7-3/h8-9,11,13-14H,5-7,10,17H2,1-4H3. The Morgan fingerprint density at radius 3 is 2.26 bits per heavy atom. The summed E-state index contributed by atoms with van der Waals surface area (Å²) < 4.78 is 11.4. The molecule has 0 amide bonds.